The molecule has 1 aromatic carbocycles. The van der Waals surface area contributed by atoms with Crippen LogP contribution in [0, 0.1) is 0 Å². The van der Waals surface area contributed by atoms with Crippen LogP contribution in [0.3, 0.4) is 0 Å². The molecule has 0 aliphatic carbocycles. The second-order valence-electron chi connectivity index (χ2n) is 5.64. The highest BCUT2D eigenvalue weighted by molar-refractivity contribution is 7.15. The zero-order valence-corrected chi connectivity index (χ0v) is 14.2. The van der Waals surface area contributed by atoms with Gasteiger partial charge >= 0.3 is 0 Å². The van der Waals surface area contributed by atoms with E-state index in [1.165, 1.54) is 4.88 Å². The minimum atomic E-state index is -0.615. The highest BCUT2D eigenvalue weighted by Crippen LogP contribution is 2.38. The third-order valence-corrected chi connectivity index (χ3v) is 5.23. The average Bonchev–Trinajstić information content (AvgIpc) is 3.23. The van der Waals surface area contributed by atoms with Gasteiger partial charge in [0.1, 0.15) is 0 Å². The lowest BCUT2D eigenvalue weighted by molar-refractivity contribution is -0.146. The summed E-state index contributed by atoms with van der Waals surface area (Å²) >= 11 is 1.68. The second-order valence-corrected chi connectivity index (χ2v) is 6.72. The van der Waals surface area contributed by atoms with Gasteiger partial charge < -0.3 is 14.8 Å². The summed E-state index contributed by atoms with van der Waals surface area (Å²) in [6.45, 7) is 5.65. The van der Waals surface area contributed by atoms with E-state index in [9.17, 15) is 4.79 Å². The largest absolute Gasteiger partial charge is 0.352 e. The summed E-state index contributed by atoms with van der Waals surface area (Å²) in [6.07, 6.45) is 0.507. The van der Waals surface area contributed by atoms with E-state index in [1.54, 1.807) is 11.3 Å². The van der Waals surface area contributed by atoms with Crippen LogP contribution in [0.15, 0.2) is 36.4 Å². The number of rotatable bonds is 5. The highest BCUT2D eigenvalue weighted by Gasteiger charge is 2.34. The molecule has 1 aliphatic rings. The zero-order chi connectivity index (χ0) is 16.3. The summed E-state index contributed by atoms with van der Waals surface area (Å²) in [5, 5.41) is 2.91. The maximum Gasteiger partial charge on any atom is 0.219 e. The van der Waals surface area contributed by atoms with Crippen molar-refractivity contribution in [1.29, 1.82) is 0 Å². The van der Waals surface area contributed by atoms with Gasteiger partial charge in [-0.15, -0.1) is 11.3 Å². The Bertz CT molecular complexity index is 689. The second kappa shape index (κ2) is 6.83. The van der Waals surface area contributed by atoms with Crippen LogP contribution in [0.2, 0.25) is 0 Å². The van der Waals surface area contributed by atoms with Gasteiger partial charge in [-0.25, -0.2) is 0 Å². The minimum absolute atomic E-state index is 0.0669. The van der Waals surface area contributed by atoms with Gasteiger partial charge in [-0.3, -0.25) is 4.79 Å². The molecule has 5 heteroatoms. The molecule has 1 aliphatic heterocycles. The molecule has 4 nitrogen and oxygen atoms in total. The van der Waals surface area contributed by atoms with Gasteiger partial charge in [0, 0.05) is 17.8 Å². The van der Waals surface area contributed by atoms with Gasteiger partial charge in [0.25, 0.3) is 0 Å². The Kier molecular flexibility index (Phi) is 4.80. The molecule has 0 spiro atoms. The summed E-state index contributed by atoms with van der Waals surface area (Å²) < 4.78 is 11.4. The number of ether oxygens (including phenoxy) is 2. The third-order valence-electron chi connectivity index (χ3n) is 3.91. The smallest absolute Gasteiger partial charge is 0.219 e. The van der Waals surface area contributed by atoms with Crippen LogP contribution in [0.25, 0.3) is 10.4 Å². The first kappa shape index (κ1) is 16.2. The van der Waals surface area contributed by atoms with E-state index in [-0.39, 0.29) is 5.91 Å². The maximum atomic E-state index is 11.4. The molecule has 0 bridgehead atoms. The molecule has 23 heavy (non-hydrogen) atoms. The number of carbonyl (C=O) groups is 1. The van der Waals surface area contributed by atoms with Crippen LogP contribution >= 0.6 is 11.3 Å². The molecule has 1 amide bonds. The summed E-state index contributed by atoms with van der Waals surface area (Å²) in [7, 11) is 0. The Labute approximate surface area is 140 Å². The fourth-order valence-electron chi connectivity index (χ4n) is 2.55. The Morgan fingerprint density at radius 1 is 1.26 bits per heavy atom. The first-order valence-corrected chi connectivity index (χ1v) is 8.66. The lowest BCUT2D eigenvalue weighted by Crippen LogP contribution is -2.21. The van der Waals surface area contributed by atoms with Crippen molar-refractivity contribution in [3.05, 3.63) is 46.8 Å². The van der Waals surface area contributed by atoms with E-state index in [0.29, 0.717) is 26.2 Å². The molecule has 1 aromatic heterocycles. The molecule has 1 N–H and O–H groups in total. The monoisotopic (exact) mass is 331 g/mol. The van der Waals surface area contributed by atoms with Crippen LogP contribution in [-0.2, 0) is 26.6 Å². The molecule has 2 aromatic rings. The van der Waals surface area contributed by atoms with Gasteiger partial charge in [0.05, 0.1) is 18.1 Å². The Balaban J connectivity index is 1.77. The van der Waals surface area contributed by atoms with Crippen molar-refractivity contribution in [3.63, 3.8) is 0 Å². The fourth-order valence-corrected chi connectivity index (χ4v) is 3.61. The number of hydrogen-bond donors (Lipinski definition) is 1. The van der Waals surface area contributed by atoms with Gasteiger partial charge in [-0.05, 0) is 36.2 Å². The molecule has 1 fully saturated rings. The van der Waals surface area contributed by atoms with Crippen molar-refractivity contribution < 1.29 is 14.3 Å². The molecule has 0 radical (unpaired) electrons. The summed E-state index contributed by atoms with van der Waals surface area (Å²) in [6, 6.07) is 12.4. The SMILES string of the molecule is CCC(=O)NCc1cccc(-c2ccc(C3(C)OCCO3)s2)c1. The van der Waals surface area contributed by atoms with Crippen LogP contribution in [0.5, 0.6) is 0 Å². The minimum Gasteiger partial charge on any atom is -0.352 e. The lowest BCUT2D eigenvalue weighted by atomic mass is 10.1. The first-order valence-electron chi connectivity index (χ1n) is 7.85. The fraction of sp³-hybridized carbons (Fsp3) is 0.389. The molecule has 1 saturated heterocycles. The van der Waals surface area contributed by atoms with E-state index >= 15 is 0 Å². The quantitative estimate of drug-likeness (QED) is 0.909. The van der Waals surface area contributed by atoms with Crippen molar-refractivity contribution in [2.24, 2.45) is 0 Å². The predicted octanol–water partition coefficient (Wildman–Crippen LogP) is 3.66. The number of carbonyl (C=O) groups excluding carboxylic acids is 1. The van der Waals surface area contributed by atoms with Crippen molar-refractivity contribution in [2.75, 3.05) is 13.2 Å². The molecule has 0 atom stereocenters. The number of benzene rings is 1. The summed E-state index contributed by atoms with van der Waals surface area (Å²) in [5.41, 5.74) is 2.24. The predicted molar refractivity (Wildman–Crippen MR) is 91.1 cm³/mol. The van der Waals surface area contributed by atoms with Crippen molar-refractivity contribution in [1.82, 2.24) is 5.32 Å². The maximum absolute atomic E-state index is 11.4. The van der Waals surface area contributed by atoms with Crippen molar-refractivity contribution in [2.45, 2.75) is 32.6 Å². The molecule has 2 heterocycles. The topological polar surface area (TPSA) is 47.6 Å². The van der Waals surface area contributed by atoms with Crippen molar-refractivity contribution in [3.8, 4) is 10.4 Å². The summed E-state index contributed by atoms with van der Waals surface area (Å²) in [4.78, 5) is 13.6. The third kappa shape index (κ3) is 3.63. The van der Waals surface area contributed by atoms with E-state index in [2.05, 4.69) is 29.6 Å². The van der Waals surface area contributed by atoms with Gasteiger partial charge in [-0.1, -0.05) is 25.1 Å². The summed E-state index contributed by atoms with van der Waals surface area (Å²) in [5.74, 6) is -0.549. The molecular weight excluding hydrogens is 310 g/mol. The zero-order valence-electron chi connectivity index (χ0n) is 13.4. The van der Waals surface area contributed by atoms with Gasteiger partial charge in [-0.2, -0.15) is 0 Å². The van der Waals surface area contributed by atoms with Gasteiger partial charge in [0.2, 0.25) is 11.7 Å². The number of amides is 1. The average molecular weight is 331 g/mol. The number of nitrogens with one attached hydrogen (secondary N) is 1. The standard InChI is InChI=1S/C18H21NO3S/c1-3-17(20)19-12-13-5-4-6-14(11-13)15-7-8-16(23-15)18(2)21-9-10-22-18/h4-8,11H,3,9-10,12H2,1-2H3,(H,19,20). The van der Waals surface area contributed by atoms with Crippen LogP contribution in [0.4, 0.5) is 0 Å². The Hall–Kier alpha value is -1.69. The van der Waals surface area contributed by atoms with Crippen molar-refractivity contribution >= 4 is 17.2 Å². The van der Waals surface area contributed by atoms with E-state index in [1.807, 2.05) is 26.0 Å². The van der Waals surface area contributed by atoms with Crippen LogP contribution in [-0.4, -0.2) is 19.1 Å². The molecule has 3 rings (SSSR count). The Morgan fingerprint density at radius 2 is 2.04 bits per heavy atom. The first-order chi connectivity index (χ1) is 11.1. The van der Waals surface area contributed by atoms with E-state index in [0.717, 1.165) is 16.0 Å². The molecule has 122 valence electrons. The highest BCUT2D eigenvalue weighted by atomic mass is 32.1. The number of hydrogen-bond acceptors (Lipinski definition) is 4. The molecule has 0 unspecified atom stereocenters. The Morgan fingerprint density at radius 3 is 2.78 bits per heavy atom. The lowest BCUT2D eigenvalue weighted by Gasteiger charge is -2.20. The van der Waals surface area contributed by atoms with E-state index < -0.39 is 5.79 Å². The van der Waals surface area contributed by atoms with Crippen LogP contribution in [0.1, 0.15) is 30.7 Å². The van der Waals surface area contributed by atoms with Gasteiger partial charge in [0.15, 0.2) is 0 Å². The number of thiophene rings is 1. The normalized spacial score (nSPS) is 16.4. The van der Waals surface area contributed by atoms with E-state index in [4.69, 9.17) is 9.47 Å². The van der Waals surface area contributed by atoms with Crippen LogP contribution < -0.4 is 5.32 Å². The molecular formula is C18H21NO3S. The molecule has 0 saturated carbocycles.